The highest BCUT2D eigenvalue weighted by Crippen LogP contribution is 2.20. The zero-order valence-electron chi connectivity index (χ0n) is 10.9. The molecule has 0 amide bonds. The fourth-order valence-corrected chi connectivity index (χ4v) is 3.74. The highest BCUT2D eigenvalue weighted by atomic mass is 32.2. The maximum absolute atomic E-state index is 12.4. The molecule has 102 valence electrons. The lowest BCUT2D eigenvalue weighted by atomic mass is 10.0. The van der Waals surface area contributed by atoms with Crippen molar-refractivity contribution in [2.75, 3.05) is 20.1 Å². The van der Waals surface area contributed by atoms with E-state index in [0.29, 0.717) is 24.8 Å². The second-order valence-electron chi connectivity index (χ2n) is 4.95. The maximum Gasteiger partial charge on any atom is 0.282 e. The van der Waals surface area contributed by atoms with Gasteiger partial charge >= 0.3 is 0 Å². The average Bonchev–Trinajstić information content (AvgIpc) is 2.81. The van der Waals surface area contributed by atoms with Crippen molar-refractivity contribution in [3.63, 3.8) is 0 Å². The third-order valence-corrected chi connectivity index (χ3v) is 5.20. The summed E-state index contributed by atoms with van der Waals surface area (Å²) in [7, 11) is -1.77. The molecule has 2 heterocycles. The fraction of sp³-hybridized carbons (Fsp3) is 0.667. The molecule has 1 fully saturated rings. The van der Waals surface area contributed by atoms with E-state index in [1.165, 1.54) is 4.31 Å². The molecule has 1 aromatic heterocycles. The number of hydrogen-bond donors (Lipinski definition) is 0. The zero-order chi connectivity index (χ0) is 13.2. The van der Waals surface area contributed by atoms with Crippen LogP contribution in [0.1, 0.15) is 25.5 Å². The van der Waals surface area contributed by atoms with Crippen molar-refractivity contribution in [3.8, 4) is 0 Å². The van der Waals surface area contributed by atoms with Crippen molar-refractivity contribution in [1.29, 1.82) is 0 Å². The van der Waals surface area contributed by atoms with Crippen molar-refractivity contribution in [1.82, 2.24) is 8.61 Å². The molecule has 0 aliphatic carbocycles. The van der Waals surface area contributed by atoms with Gasteiger partial charge in [0, 0.05) is 20.1 Å². The summed E-state index contributed by atoms with van der Waals surface area (Å²) in [5.74, 6) is 1.09. The Bertz CT molecular complexity index is 470. The molecule has 1 aliphatic heterocycles. The van der Waals surface area contributed by atoms with Crippen molar-refractivity contribution in [2.45, 2.75) is 26.3 Å². The average molecular weight is 272 g/mol. The lowest BCUT2D eigenvalue weighted by Gasteiger charge is -2.32. The SMILES string of the molecule is C[C@@H]1CCCN(S(=O)(=O)N(C)Cc2ccco2)C1. The van der Waals surface area contributed by atoms with E-state index in [0.717, 1.165) is 12.8 Å². The van der Waals surface area contributed by atoms with Gasteiger partial charge in [0.05, 0.1) is 12.8 Å². The number of hydrogen-bond acceptors (Lipinski definition) is 3. The van der Waals surface area contributed by atoms with Crippen molar-refractivity contribution in [2.24, 2.45) is 5.92 Å². The molecule has 0 N–H and O–H groups in total. The summed E-state index contributed by atoms with van der Waals surface area (Å²) < 4.78 is 32.8. The van der Waals surface area contributed by atoms with Crippen LogP contribution in [0.4, 0.5) is 0 Å². The molecule has 1 aliphatic rings. The van der Waals surface area contributed by atoms with Crippen LogP contribution in [0.3, 0.4) is 0 Å². The lowest BCUT2D eigenvalue weighted by Crippen LogP contribution is -2.45. The molecule has 1 aromatic rings. The van der Waals surface area contributed by atoms with E-state index in [9.17, 15) is 8.42 Å². The van der Waals surface area contributed by atoms with E-state index in [1.807, 2.05) is 0 Å². The molecular weight excluding hydrogens is 252 g/mol. The minimum atomic E-state index is -3.36. The van der Waals surface area contributed by atoms with Gasteiger partial charge in [-0.3, -0.25) is 0 Å². The molecule has 1 saturated heterocycles. The van der Waals surface area contributed by atoms with Crippen LogP contribution in [-0.2, 0) is 16.8 Å². The summed E-state index contributed by atoms with van der Waals surface area (Å²) in [6.07, 6.45) is 3.60. The van der Waals surface area contributed by atoms with Crippen molar-refractivity contribution >= 4 is 10.2 Å². The largest absolute Gasteiger partial charge is 0.468 e. The molecule has 0 spiro atoms. The number of rotatable bonds is 4. The van der Waals surface area contributed by atoms with Gasteiger partial charge in [-0.15, -0.1) is 0 Å². The Morgan fingerprint density at radius 3 is 2.94 bits per heavy atom. The van der Waals surface area contributed by atoms with Gasteiger partial charge in [0.2, 0.25) is 0 Å². The summed E-state index contributed by atoms with van der Waals surface area (Å²) in [5, 5.41) is 0. The van der Waals surface area contributed by atoms with E-state index in [4.69, 9.17) is 4.42 Å². The van der Waals surface area contributed by atoms with Crippen LogP contribution < -0.4 is 0 Å². The van der Waals surface area contributed by atoms with Crippen LogP contribution in [0.25, 0.3) is 0 Å². The van der Waals surface area contributed by atoms with Crippen LogP contribution in [-0.4, -0.2) is 37.2 Å². The van der Waals surface area contributed by atoms with Crippen molar-refractivity contribution in [3.05, 3.63) is 24.2 Å². The van der Waals surface area contributed by atoms with Gasteiger partial charge in [0.1, 0.15) is 5.76 Å². The van der Waals surface area contributed by atoms with E-state index in [1.54, 1.807) is 29.7 Å². The lowest BCUT2D eigenvalue weighted by molar-refractivity contribution is 0.260. The zero-order valence-corrected chi connectivity index (χ0v) is 11.7. The van der Waals surface area contributed by atoms with Gasteiger partial charge in [-0.1, -0.05) is 6.92 Å². The molecule has 6 heteroatoms. The summed E-state index contributed by atoms with van der Waals surface area (Å²) in [6, 6.07) is 3.55. The van der Waals surface area contributed by atoms with Crippen LogP contribution in [0.5, 0.6) is 0 Å². The number of piperidine rings is 1. The van der Waals surface area contributed by atoms with Gasteiger partial charge in [-0.05, 0) is 30.9 Å². The molecule has 1 atom stereocenters. The van der Waals surface area contributed by atoms with Gasteiger partial charge in [0.25, 0.3) is 10.2 Å². The molecule has 0 unspecified atom stereocenters. The first kappa shape index (κ1) is 13.6. The summed E-state index contributed by atoms with van der Waals surface area (Å²) in [5.41, 5.74) is 0. The van der Waals surface area contributed by atoms with Gasteiger partial charge in [-0.2, -0.15) is 17.0 Å². The minimum Gasteiger partial charge on any atom is -0.468 e. The molecule has 5 nitrogen and oxygen atoms in total. The smallest absolute Gasteiger partial charge is 0.282 e. The fourth-order valence-electron chi connectivity index (χ4n) is 2.26. The second kappa shape index (κ2) is 5.42. The van der Waals surface area contributed by atoms with Crippen LogP contribution in [0, 0.1) is 5.92 Å². The summed E-state index contributed by atoms with van der Waals surface area (Å²) in [6.45, 7) is 3.61. The minimum absolute atomic E-state index is 0.278. The molecule has 0 aromatic carbocycles. The maximum atomic E-state index is 12.4. The van der Waals surface area contributed by atoms with Gasteiger partial charge in [-0.25, -0.2) is 0 Å². The van der Waals surface area contributed by atoms with Gasteiger partial charge in [0.15, 0.2) is 0 Å². The summed E-state index contributed by atoms with van der Waals surface area (Å²) in [4.78, 5) is 0. The topological polar surface area (TPSA) is 53.8 Å². The first-order valence-electron chi connectivity index (χ1n) is 6.24. The molecule has 18 heavy (non-hydrogen) atoms. The Morgan fingerprint density at radius 1 is 1.56 bits per heavy atom. The first-order chi connectivity index (χ1) is 8.50. The number of furan rings is 1. The third-order valence-electron chi connectivity index (χ3n) is 3.30. The molecule has 0 saturated carbocycles. The van der Waals surface area contributed by atoms with Crippen LogP contribution >= 0.6 is 0 Å². The summed E-state index contributed by atoms with van der Waals surface area (Å²) >= 11 is 0. The molecule has 2 rings (SSSR count). The Morgan fingerprint density at radius 2 is 2.33 bits per heavy atom. The highest BCUT2D eigenvalue weighted by molar-refractivity contribution is 7.86. The Hall–Kier alpha value is -0.850. The quantitative estimate of drug-likeness (QED) is 0.838. The monoisotopic (exact) mass is 272 g/mol. The Balaban J connectivity index is 2.05. The molecule has 0 bridgehead atoms. The normalized spacial score (nSPS) is 22.5. The highest BCUT2D eigenvalue weighted by Gasteiger charge is 2.30. The first-order valence-corrected chi connectivity index (χ1v) is 7.63. The second-order valence-corrected chi connectivity index (χ2v) is 6.98. The van der Waals surface area contributed by atoms with E-state index in [2.05, 4.69) is 6.92 Å². The van der Waals surface area contributed by atoms with Crippen LogP contribution in [0.15, 0.2) is 22.8 Å². The predicted octanol–water partition coefficient (Wildman–Crippen LogP) is 1.69. The molecule has 0 radical (unpaired) electrons. The Labute approximate surface area is 109 Å². The predicted molar refractivity (Wildman–Crippen MR) is 69.1 cm³/mol. The Kier molecular flexibility index (Phi) is 4.09. The van der Waals surface area contributed by atoms with Crippen LogP contribution in [0.2, 0.25) is 0 Å². The van der Waals surface area contributed by atoms with E-state index in [-0.39, 0.29) is 6.54 Å². The molecular formula is C12H20N2O3S. The number of nitrogens with zero attached hydrogens (tertiary/aromatic N) is 2. The third kappa shape index (κ3) is 2.93. The van der Waals surface area contributed by atoms with Crippen molar-refractivity contribution < 1.29 is 12.8 Å². The van der Waals surface area contributed by atoms with E-state index >= 15 is 0 Å². The van der Waals surface area contributed by atoms with E-state index < -0.39 is 10.2 Å². The van der Waals surface area contributed by atoms with Gasteiger partial charge < -0.3 is 4.42 Å². The standard InChI is InChI=1S/C12H20N2O3S/c1-11-5-3-7-14(9-11)18(15,16)13(2)10-12-6-4-8-17-12/h4,6,8,11H,3,5,7,9-10H2,1-2H3/t11-/m1/s1.